The predicted molar refractivity (Wildman–Crippen MR) is 243 cm³/mol. The highest BCUT2D eigenvalue weighted by Gasteiger charge is 2.37. The third-order valence-corrected chi connectivity index (χ3v) is 13.2. The number of rotatable bonds is 12. The van der Waals surface area contributed by atoms with E-state index in [0.717, 1.165) is 104 Å². The van der Waals surface area contributed by atoms with Crippen molar-refractivity contribution in [3.05, 3.63) is 99.9 Å². The Labute approximate surface area is 363 Å². The molecule has 1 aromatic heterocycles. The summed E-state index contributed by atoms with van der Waals surface area (Å²) in [6.07, 6.45) is 10.4. The minimum atomic E-state index is -0.0576. The van der Waals surface area contributed by atoms with E-state index in [-0.39, 0.29) is 29.8 Å². The molecule has 3 fully saturated rings. The second kappa shape index (κ2) is 19.8. The average Bonchev–Trinajstić information content (AvgIpc) is 3.95. The highest BCUT2D eigenvalue weighted by Crippen LogP contribution is 2.38. The first-order valence-corrected chi connectivity index (χ1v) is 22.7. The van der Waals surface area contributed by atoms with Gasteiger partial charge in [-0.25, -0.2) is 4.98 Å². The lowest BCUT2D eigenvalue weighted by atomic mass is 9.82. The summed E-state index contributed by atoms with van der Waals surface area (Å²) in [5.74, 6) is 4.04. The van der Waals surface area contributed by atoms with Gasteiger partial charge in [-0.1, -0.05) is 54.2 Å². The number of halogens is 2. The van der Waals surface area contributed by atoms with E-state index in [1.807, 2.05) is 42.6 Å². The number of aliphatic hydroxyl groups excluding tert-OH is 1. The summed E-state index contributed by atoms with van der Waals surface area (Å²) in [7, 11) is 2.07. The minimum absolute atomic E-state index is 0.0167. The van der Waals surface area contributed by atoms with E-state index in [1.54, 1.807) is 0 Å². The molecule has 0 spiro atoms. The van der Waals surface area contributed by atoms with Crippen molar-refractivity contribution < 1.29 is 9.84 Å². The van der Waals surface area contributed by atoms with Gasteiger partial charge < -0.3 is 35.3 Å². The fourth-order valence-corrected chi connectivity index (χ4v) is 9.32. The summed E-state index contributed by atoms with van der Waals surface area (Å²) < 4.78 is 8.79. The van der Waals surface area contributed by atoms with E-state index in [0.29, 0.717) is 24.0 Å². The number of ether oxygens (including phenoxy) is 1. The molecule has 11 heteroatoms. The van der Waals surface area contributed by atoms with Crippen LogP contribution in [0.4, 0.5) is 0 Å². The second-order valence-electron chi connectivity index (χ2n) is 18.8. The van der Waals surface area contributed by atoms with Crippen molar-refractivity contribution in [3.63, 3.8) is 0 Å². The predicted octanol–water partition coefficient (Wildman–Crippen LogP) is 8.70. The molecule has 1 unspecified atom stereocenters. The van der Waals surface area contributed by atoms with Crippen LogP contribution >= 0.6 is 23.2 Å². The van der Waals surface area contributed by atoms with Crippen LogP contribution in [-0.2, 0) is 26.6 Å². The standard InChI is InChI=1S/C48H67Cl2N7O2/c1-34-26-51-42(32-58)27-54-48(25-36-9-14-40(49)15-10-36)20-6-21-56(33-48)30-37(23-35-7-8-35)19-22-57(34)31-39-11-16-41(50)24-45(39)59-43-17-12-38(13-18-43)44-28-52-46(55(44)5)29-53-47(2,3)4/h9-18,24,28,34-35,37,42,51,53-54,58H,6-8,19-23,25-27,29-33H2,1-5H3/t34-,37-,42-,48+/m0/s1. The lowest BCUT2D eigenvalue weighted by molar-refractivity contribution is 0.0856. The van der Waals surface area contributed by atoms with Gasteiger partial charge in [0.25, 0.3) is 0 Å². The van der Waals surface area contributed by atoms with Crippen molar-refractivity contribution in [2.75, 3.05) is 45.9 Å². The van der Waals surface area contributed by atoms with Crippen LogP contribution in [0.3, 0.4) is 0 Å². The van der Waals surface area contributed by atoms with E-state index in [9.17, 15) is 5.11 Å². The van der Waals surface area contributed by atoms with E-state index >= 15 is 0 Å². The molecule has 2 saturated heterocycles. The summed E-state index contributed by atoms with van der Waals surface area (Å²) in [6, 6.07) is 22.9. The van der Waals surface area contributed by atoms with Gasteiger partial charge in [0.1, 0.15) is 17.3 Å². The van der Waals surface area contributed by atoms with E-state index in [1.165, 1.54) is 31.2 Å². The zero-order valence-corrected chi connectivity index (χ0v) is 37.5. The van der Waals surface area contributed by atoms with Crippen LogP contribution in [-0.4, -0.2) is 93.5 Å². The van der Waals surface area contributed by atoms with Crippen molar-refractivity contribution in [1.29, 1.82) is 0 Å². The summed E-state index contributed by atoms with van der Waals surface area (Å²) in [5.41, 5.74) is 4.53. The van der Waals surface area contributed by atoms with Crippen LogP contribution in [0.25, 0.3) is 11.3 Å². The Hall–Kier alpha value is -2.99. The molecule has 4 N–H and O–H groups in total. The molecular formula is C48H67Cl2N7O2. The monoisotopic (exact) mass is 843 g/mol. The zero-order valence-electron chi connectivity index (χ0n) is 36.0. The van der Waals surface area contributed by atoms with Crippen LogP contribution in [0, 0.1) is 11.8 Å². The number of benzene rings is 3. The number of aliphatic hydroxyl groups is 1. The Morgan fingerprint density at radius 3 is 2.44 bits per heavy atom. The SMILES string of the molecule is C[C@H]1CN[C@H](CO)CN[C@@]2(Cc3ccc(Cl)cc3)CCCN(C[C@H](CC3CC3)CCN1Cc1ccc(Cl)cc1Oc1ccc(-c3cnc(CNC(C)(C)C)n3C)cc1)C2. The Balaban J connectivity index is 1.07. The normalized spacial score (nSPS) is 25.1. The Morgan fingerprint density at radius 2 is 1.71 bits per heavy atom. The van der Waals surface area contributed by atoms with Crippen LogP contribution in [0.2, 0.25) is 10.0 Å². The molecule has 4 aromatic rings. The first kappa shape index (κ1) is 44.1. The summed E-state index contributed by atoms with van der Waals surface area (Å²) in [6.45, 7) is 16.1. The molecule has 1 aliphatic carbocycles. The molecule has 1 saturated carbocycles. The first-order valence-electron chi connectivity index (χ1n) is 22.0. The number of fused-ring (bicyclic) bond motifs is 2. The first-order chi connectivity index (χ1) is 28.3. The molecular weight excluding hydrogens is 777 g/mol. The average molecular weight is 845 g/mol. The van der Waals surface area contributed by atoms with Gasteiger partial charge >= 0.3 is 0 Å². The third kappa shape index (κ3) is 12.5. The molecule has 2 bridgehead atoms. The molecule has 9 nitrogen and oxygen atoms in total. The van der Waals surface area contributed by atoms with Gasteiger partial charge in [-0.3, -0.25) is 4.90 Å². The molecule has 7 rings (SSSR count). The molecule has 3 heterocycles. The molecule has 5 atom stereocenters. The topological polar surface area (TPSA) is 89.8 Å². The van der Waals surface area contributed by atoms with Gasteiger partial charge in [-0.05, 0) is 139 Å². The maximum absolute atomic E-state index is 10.6. The Kier molecular flexibility index (Phi) is 14.8. The maximum Gasteiger partial charge on any atom is 0.133 e. The van der Waals surface area contributed by atoms with Gasteiger partial charge in [-0.15, -0.1) is 0 Å². The Bertz CT molecular complexity index is 1940. The van der Waals surface area contributed by atoms with Crippen molar-refractivity contribution >= 4 is 23.2 Å². The van der Waals surface area contributed by atoms with Crippen LogP contribution in [0.15, 0.2) is 72.9 Å². The largest absolute Gasteiger partial charge is 0.457 e. The number of imidazole rings is 1. The number of aromatic nitrogens is 2. The number of piperidine rings is 1. The van der Waals surface area contributed by atoms with Crippen LogP contribution in [0.1, 0.15) is 83.2 Å². The van der Waals surface area contributed by atoms with Crippen LogP contribution in [0.5, 0.6) is 11.5 Å². The molecule has 2 aliphatic heterocycles. The third-order valence-electron chi connectivity index (χ3n) is 12.7. The second-order valence-corrected chi connectivity index (χ2v) is 19.7. The van der Waals surface area contributed by atoms with Crippen molar-refractivity contribution in [1.82, 2.24) is 35.3 Å². The molecule has 3 aromatic carbocycles. The van der Waals surface area contributed by atoms with Crippen molar-refractivity contribution in [2.24, 2.45) is 18.9 Å². The smallest absolute Gasteiger partial charge is 0.133 e. The van der Waals surface area contributed by atoms with Crippen molar-refractivity contribution in [3.8, 4) is 22.8 Å². The quantitative estimate of drug-likeness (QED) is 0.113. The van der Waals surface area contributed by atoms with Gasteiger partial charge in [0.15, 0.2) is 0 Å². The summed E-state index contributed by atoms with van der Waals surface area (Å²) >= 11 is 12.9. The van der Waals surface area contributed by atoms with Crippen molar-refractivity contribution in [2.45, 2.75) is 109 Å². The maximum atomic E-state index is 10.6. The fraction of sp³-hybridized carbons (Fsp3) is 0.562. The van der Waals surface area contributed by atoms with Gasteiger partial charge in [-0.2, -0.15) is 0 Å². The molecule has 3 aliphatic rings. The Morgan fingerprint density at radius 1 is 0.949 bits per heavy atom. The molecule has 0 amide bonds. The highest BCUT2D eigenvalue weighted by atomic mass is 35.5. The van der Waals surface area contributed by atoms with Gasteiger partial charge in [0, 0.05) is 84.1 Å². The van der Waals surface area contributed by atoms with E-state index < -0.39 is 0 Å². The molecule has 59 heavy (non-hydrogen) atoms. The lowest BCUT2D eigenvalue weighted by Crippen LogP contribution is -2.61. The minimum Gasteiger partial charge on any atom is -0.457 e. The molecule has 0 radical (unpaired) electrons. The number of nitrogens with zero attached hydrogens (tertiary/aromatic N) is 4. The number of hydrogen-bond acceptors (Lipinski definition) is 8. The lowest BCUT2D eigenvalue weighted by Gasteiger charge is -2.46. The van der Waals surface area contributed by atoms with E-state index in [4.69, 9.17) is 32.9 Å². The summed E-state index contributed by atoms with van der Waals surface area (Å²) in [5, 5.41) is 23.4. The number of nitrogens with one attached hydrogen (secondary N) is 3. The highest BCUT2D eigenvalue weighted by molar-refractivity contribution is 6.31. The van der Waals surface area contributed by atoms with Gasteiger partial charge in [0.2, 0.25) is 0 Å². The zero-order chi connectivity index (χ0) is 41.6. The number of hydrogen-bond donors (Lipinski definition) is 4. The van der Waals surface area contributed by atoms with Crippen LogP contribution < -0.4 is 20.7 Å². The van der Waals surface area contributed by atoms with Gasteiger partial charge in [0.05, 0.1) is 25.0 Å². The molecule has 320 valence electrons. The fourth-order valence-electron chi connectivity index (χ4n) is 9.03. The summed E-state index contributed by atoms with van der Waals surface area (Å²) in [4.78, 5) is 10.0. The van der Waals surface area contributed by atoms with E-state index in [2.05, 4.69) is 95.4 Å².